The largest absolute Gasteiger partial charge is 0.490 e. The first kappa shape index (κ1) is 16.9. The van der Waals surface area contributed by atoms with E-state index in [4.69, 9.17) is 14.0 Å². The van der Waals surface area contributed by atoms with Gasteiger partial charge in [0, 0.05) is 18.1 Å². The summed E-state index contributed by atoms with van der Waals surface area (Å²) in [4.78, 5) is 16.6. The van der Waals surface area contributed by atoms with Crippen molar-refractivity contribution in [2.45, 2.75) is 26.1 Å². The Morgan fingerprint density at radius 1 is 1.25 bits per heavy atom. The summed E-state index contributed by atoms with van der Waals surface area (Å²) >= 11 is 1.31. The Balaban J connectivity index is 1.28. The number of thiazole rings is 1. The summed E-state index contributed by atoms with van der Waals surface area (Å²) in [6.07, 6.45) is 1.11. The summed E-state index contributed by atoms with van der Waals surface area (Å²) in [7, 11) is 0. The van der Waals surface area contributed by atoms with Gasteiger partial charge in [0.1, 0.15) is 24.2 Å². The third-order valence-corrected chi connectivity index (χ3v) is 5.58. The van der Waals surface area contributed by atoms with Crippen molar-refractivity contribution < 1.29 is 18.8 Å². The second kappa shape index (κ2) is 6.76. The lowest BCUT2D eigenvalue weighted by molar-refractivity contribution is 0.0464. The number of esters is 1. The second-order valence-corrected chi connectivity index (χ2v) is 7.73. The molecule has 1 unspecified atom stereocenters. The lowest BCUT2D eigenvalue weighted by Gasteiger charge is -2.03. The van der Waals surface area contributed by atoms with Gasteiger partial charge in [0.15, 0.2) is 5.76 Å². The van der Waals surface area contributed by atoms with E-state index < -0.39 is 5.97 Å². The average molecular weight is 392 g/mol. The number of hydrogen-bond acceptors (Lipinski definition) is 7. The molecule has 6 nitrogen and oxygen atoms in total. The molecule has 2 aromatic heterocycles. The molecule has 0 saturated heterocycles. The van der Waals surface area contributed by atoms with Crippen LogP contribution in [0.3, 0.4) is 0 Å². The first-order chi connectivity index (χ1) is 13.7. The van der Waals surface area contributed by atoms with E-state index in [1.54, 1.807) is 6.07 Å². The van der Waals surface area contributed by atoms with Crippen molar-refractivity contribution in [1.29, 1.82) is 0 Å². The van der Waals surface area contributed by atoms with Crippen LogP contribution in [0, 0.1) is 0 Å². The van der Waals surface area contributed by atoms with E-state index >= 15 is 0 Å². The van der Waals surface area contributed by atoms with Gasteiger partial charge >= 0.3 is 5.97 Å². The van der Waals surface area contributed by atoms with E-state index in [0.29, 0.717) is 16.5 Å². The van der Waals surface area contributed by atoms with Crippen molar-refractivity contribution >= 4 is 27.5 Å². The third kappa shape index (κ3) is 3.14. The SMILES string of the molecule is CC1Cc2ccc(-c3cc(COC(=O)c4nc5ccccc5s4)no3)cc2O1. The Kier molecular flexibility index (Phi) is 4.09. The van der Waals surface area contributed by atoms with Crippen molar-refractivity contribution in [3.8, 4) is 17.1 Å². The summed E-state index contributed by atoms with van der Waals surface area (Å²) in [6, 6.07) is 15.3. The normalized spacial score (nSPS) is 15.4. The molecule has 2 aromatic carbocycles. The molecule has 140 valence electrons. The quantitative estimate of drug-likeness (QED) is 0.471. The minimum atomic E-state index is -0.467. The lowest BCUT2D eigenvalue weighted by atomic mass is 10.1. The van der Waals surface area contributed by atoms with E-state index in [-0.39, 0.29) is 12.7 Å². The van der Waals surface area contributed by atoms with Crippen molar-refractivity contribution in [3.63, 3.8) is 0 Å². The topological polar surface area (TPSA) is 74.5 Å². The summed E-state index contributed by atoms with van der Waals surface area (Å²) in [5.74, 6) is 1.02. The number of rotatable bonds is 4. The minimum Gasteiger partial charge on any atom is -0.490 e. The fourth-order valence-corrected chi connectivity index (χ4v) is 4.09. The fraction of sp³-hybridized carbons (Fsp3) is 0.190. The highest BCUT2D eigenvalue weighted by Gasteiger charge is 2.20. The monoisotopic (exact) mass is 392 g/mol. The average Bonchev–Trinajstić information content (AvgIpc) is 3.42. The smallest absolute Gasteiger partial charge is 0.367 e. The molecule has 3 heterocycles. The number of carbonyl (C=O) groups excluding carboxylic acids is 1. The highest BCUT2D eigenvalue weighted by atomic mass is 32.1. The molecule has 5 rings (SSSR count). The molecule has 1 aliphatic rings. The number of benzene rings is 2. The predicted octanol–water partition coefficient (Wildman–Crippen LogP) is 4.63. The standard InChI is InChI=1S/C21H16N2O4S/c1-12-8-13-6-7-14(9-17(13)26-12)18-10-15(23-27-18)11-25-21(24)20-22-16-4-2-3-5-19(16)28-20/h2-7,9-10,12H,8,11H2,1H3. The van der Waals surface area contributed by atoms with Crippen LogP contribution in [-0.2, 0) is 17.8 Å². The van der Waals surface area contributed by atoms with Gasteiger partial charge in [-0.25, -0.2) is 9.78 Å². The van der Waals surface area contributed by atoms with Gasteiger partial charge in [0.25, 0.3) is 0 Å². The van der Waals surface area contributed by atoms with E-state index in [2.05, 4.69) is 10.1 Å². The van der Waals surface area contributed by atoms with Gasteiger partial charge < -0.3 is 14.0 Å². The van der Waals surface area contributed by atoms with Gasteiger partial charge in [0.2, 0.25) is 5.01 Å². The second-order valence-electron chi connectivity index (χ2n) is 6.70. The Hall–Kier alpha value is -3.19. The van der Waals surface area contributed by atoms with Gasteiger partial charge in [-0.15, -0.1) is 11.3 Å². The molecular formula is C21H16N2O4S. The number of para-hydroxylation sites is 1. The molecule has 0 radical (unpaired) electrons. The number of hydrogen-bond donors (Lipinski definition) is 0. The molecule has 28 heavy (non-hydrogen) atoms. The van der Waals surface area contributed by atoms with E-state index in [1.807, 2.05) is 49.4 Å². The molecule has 1 atom stereocenters. The van der Waals surface area contributed by atoms with Crippen LogP contribution in [0.1, 0.15) is 28.0 Å². The van der Waals surface area contributed by atoms with Gasteiger partial charge in [-0.3, -0.25) is 0 Å². The minimum absolute atomic E-state index is 0.0245. The Labute approximate surface area is 164 Å². The van der Waals surface area contributed by atoms with Crippen LogP contribution in [0.4, 0.5) is 0 Å². The van der Waals surface area contributed by atoms with Crippen LogP contribution in [0.15, 0.2) is 53.1 Å². The molecule has 0 amide bonds. The van der Waals surface area contributed by atoms with E-state index in [9.17, 15) is 4.79 Å². The summed E-state index contributed by atoms with van der Waals surface area (Å²) in [5.41, 5.74) is 3.40. The van der Waals surface area contributed by atoms with Gasteiger partial charge in [-0.2, -0.15) is 0 Å². The molecule has 0 spiro atoms. The van der Waals surface area contributed by atoms with Crippen LogP contribution in [0.2, 0.25) is 0 Å². The molecule has 1 aliphatic heterocycles. The molecule has 0 saturated carbocycles. The third-order valence-electron chi connectivity index (χ3n) is 4.57. The van der Waals surface area contributed by atoms with Gasteiger partial charge in [-0.05, 0) is 30.7 Å². The van der Waals surface area contributed by atoms with Crippen LogP contribution >= 0.6 is 11.3 Å². The van der Waals surface area contributed by atoms with Crippen molar-refractivity contribution in [2.24, 2.45) is 0 Å². The summed E-state index contributed by atoms with van der Waals surface area (Å²) in [6.45, 7) is 2.07. The van der Waals surface area contributed by atoms with Gasteiger partial charge in [0.05, 0.1) is 10.2 Å². The zero-order valence-corrected chi connectivity index (χ0v) is 15.9. The highest BCUT2D eigenvalue weighted by Crippen LogP contribution is 2.33. The van der Waals surface area contributed by atoms with E-state index in [1.165, 1.54) is 16.9 Å². The van der Waals surface area contributed by atoms with Crippen molar-refractivity contribution in [1.82, 2.24) is 10.1 Å². The first-order valence-corrected chi connectivity index (χ1v) is 9.75. The van der Waals surface area contributed by atoms with Crippen molar-refractivity contribution in [3.05, 3.63) is 64.8 Å². The summed E-state index contributed by atoms with van der Waals surface area (Å²) < 4.78 is 17.5. The number of fused-ring (bicyclic) bond motifs is 2. The van der Waals surface area contributed by atoms with Gasteiger partial charge in [-0.1, -0.05) is 29.4 Å². The molecule has 7 heteroatoms. The maximum atomic E-state index is 12.3. The molecule has 4 aromatic rings. The molecule has 0 aliphatic carbocycles. The summed E-state index contributed by atoms with van der Waals surface area (Å²) in [5, 5.41) is 4.33. The molecule has 0 bridgehead atoms. The van der Waals surface area contributed by atoms with Crippen LogP contribution < -0.4 is 4.74 Å². The molecule has 0 fully saturated rings. The first-order valence-electron chi connectivity index (χ1n) is 8.94. The van der Waals surface area contributed by atoms with Crippen molar-refractivity contribution in [2.75, 3.05) is 0 Å². The molecular weight excluding hydrogens is 376 g/mol. The Bertz CT molecular complexity index is 1150. The fourth-order valence-electron chi connectivity index (χ4n) is 3.23. The maximum absolute atomic E-state index is 12.3. The zero-order valence-electron chi connectivity index (χ0n) is 15.0. The lowest BCUT2D eigenvalue weighted by Crippen LogP contribution is -2.05. The highest BCUT2D eigenvalue weighted by molar-refractivity contribution is 7.20. The molecule has 0 N–H and O–H groups in total. The number of carbonyl (C=O) groups is 1. The van der Waals surface area contributed by atoms with Crippen LogP contribution in [-0.4, -0.2) is 22.2 Å². The van der Waals surface area contributed by atoms with E-state index in [0.717, 1.165) is 28.0 Å². The maximum Gasteiger partial charge on any atom is 0.367 e. The van der Waals surface area contributed by atoms with Crippen LogP contribution in [0.25, 0.3) is 21.5 Å². The zero-order chi connectivity index (χ0) is 19.1. The number of aromatic nitrogens is 2. The predicted molar refractivity (Wildman–Crippen MR) is 104 cm³/mol. The Morgan fingerprint density at radius 3 is 3.04 bits per heavy atom. The number of nitrogens with zero attached hydrogens (tertiary/aromatic N) is 2. The number of ether oxygens (including phenoxy) is 2. The Morgan fingerprint density at radius 2 is 2.14 bits per heavy atom. The van der Waals surface area contributed by atoms with Crippen LogP contribution in [0.5, 0.6) is 5.75 Å².